The summed E-state index contributed by atoms with van der Waals surface area (Å²) in [5, 5.41) is 12.6. The van der Waals surface area contributed by atoms with Crippen LogP contribution in [0.3, 0.4) is 0 Å². The van der Waals surface area contributed by atoms with Crippen molar-refractivity contribution < 1.29 is 14.6 Å². The molecule has 0 aliphatic carbocycles. The number of aliphatic hydroxyl groups is 1. The number of thioether (sulfide) groups is 1. The molecule has 0 atom stereocenters. The SMILES string of the molecule is O=C(Nc1ccc(OCc2ccccn2)c(Cl)c1)N(CCO)C1CCSCC1. The second-order valence-electron chi connectivity index (χ2n) is 6.45. The van der Waals surface area contributed by atoms with Gasteiger partial charge in [0.15, 0.2) is 0 Å². The Balaban J connectivity index is 1.61. The van der Waals surface area contributed by atoms with E-state index in [4.69, 9.17) is 16.3 Å². The average molecular weight is 422 g/mol. The van der Waals surface area contributed by atoms with Crippen LogP contribution < -0.4 is 10.1 Å². The molecule has 8 heteroatoms. The van der Waals surface area contributed by atoms with Gasteiger partial charge in [-0.15, -0.1) is 0 Å². The van der Waals surface area contributed by atoms with Crippen molar-refractivity contribution in [2.45, 2.75) is 25.5 Å². The van der Waals surface area contributed by atoms with E-state index >= 15 is 0 Å². The molecule has 1 aliphatic heterocycles. The van der Waals surface area contributed by atoms with Gasteiger partial charge in [-0.3, -0.25) is 4.98 Å². The van der Waals surface area contributed by atoms with Gasteiger partial charge in [0.25, 0.3) is 0 Å². The van der Waals surface area contributed by atoms with Crippen LogP contribution in [0.1, 0.15) is 18.5 Å². The number of nitrogens with one attached hydrogen (secondary N) is 1. The van der Waals surface area contributed by atoms with Gasteiger partial charge in [-0.2, -0.15) is 11.8 Å². The summed E-state index contributed by atoms with van der Waals surface area (Å²) in [6.07, 6.45) is 3.60. The van der Waals surface area contributed by atoms with Crippen molar-refractivity contribution >= 4 is 35.1 Å². The molecule has 1 saturated heterocycles. The molecular weight excluding hydrogens is 398 g/mol. The maximum atomic E-state index is 12.7. The van der Waals surface area contributed by atoms with Gasteiger partial charge in [0.1, 0.15) is 12.4 Å². The second-order valence-corrected chi connectivity index (χ2v) is 8.08. The summed E-state index contributed by atoms with van der Waals surface area (Å²) >= 11 is 8.22. The molecular formula is C20H24ClN3O3S. The number of amides is 2. The first-order valence-corrected chi connectivity index (χ1v) is 10.8. The zero-order chi connectivity index (χ0) is 19.8. The lowest BCUT2D eigenvalue weighted by Gasteiger charge is -2.33. The number of carbonyl (C=O) groups is 1. The van der Waals surface area contributed by atoms with Gasteiger partial charge < -0.3 is 20.1 Å². The van der Waals surface area contributed by atoms with E-state index in [9.17, 15) is 9.90 Å². The van der Waals surface area contributed by atoms with Crippen LogP contribution in [0, 0.1) is 0 Å². The largest absolute Gasteiger partial charge is 0.486 e. The molecule has 0 bridgehead atoms. The van der Waals surface area contributed by atoms with E-state index in [2.05, 4.69) is 10.3 Å². The molecule has 0 spiro atoms. The molecule has 0 unspecified atom stereocenters. The molecule has 6 nitrogen and oxygen atoms in total. The Morgan fingerprint density at radius 2 is 2.14 bits per heavy atom. The third kappa shape index (κ3) is 5.77. The molecule has 1 aromatic heterocycles. The lowest BCUT2D eigenvalue weighted by atomic mass is 10.1. The monoisotopic (exact) mass is 421 g/mol. The molecule has 150 valence electrons. The Hall–Kier alpha value is -1.96. The average Bonchev–Trinajstić information content (AvgIpc) is 2.72. The van der Waals surface area contributed by atoms with Crippen LogP contribution in [0.15, 0.2) is 42.6 Å². The number of aromatic nitrogens is 1. The third-order valence-electron chi connectivity index (χ3n) is 4.52. The Kier molecular flexibility index (Phi) is 7.82. The van der Waals surface area contributed by atoms with E-state index in [0.29, 0.717) is 29.6 Å². The zero-order valence-corrected chi connectivity index (χ0v) is 17.1. The number of anilines is 1. The predicted octanol–water partition coefficient (Wildman–Crippen LogP) is 4.04. The summed E-state index contributed by atoms with van der Waals surface area (Å²) in [4.78, 5) is 18.7. The first-order chi connectivity index (χ1) is 13.7. The summed E-state index contributed by atoms with van der Waals surface area (Å²) in [7, 11) is 0. The summed E-state index contributed by atoms with van der Waals surface area (Å²) in [5.74, 6) is 2.60. The van der Waals surface area contributed by atoms with Crippen LogP contribution in [0.25, 0.3) is 0 Å². The van der Waals surface area contributed by atoms with E-state index in [0.717, 1.165) is 30.0 Å². The van der Waals surface area contributed by atoms with Crippen LogP contribution in [0.2, 0.25) is 5.02 Å². The minimum absolute atomic E-state index is 0.0574. The molecule has 2 aromatic rings. The Labute approximate surface area is 174 Å². The van der Waals surface area contributed by atoms with Crippen molar-refractivity contribution in [2.24, 2.45) is 0 Å². The van der Waals surface area contributed by atoms with Crippen LogP contribution >= 0.6 is 23.4 Å². The highest BCUT2D eigenvalue weighted by Crippen LogP contribution is 2.29. The van der Waals surface area contributed by atoms with E-state index in [1.165, 1.54) is 0 Å². The maximum Gasteiger partial charge on any atom is 0.322 e. The molecule has 1 aliphatic rings. The highest BCUT2D eigenvalue weighted by molar-refractivity contribution is 7.99. The first-order valence-electron chi connectivity index (χ1n) is 9.26. The van der Waals surface area contributed by atoms with E-state index < -0.39 is 0 Å². The van der Waals surface area contributed by atoms with Crippen molar-refractivity contribution in [3.8, 4) is 5.75 Å². The summed E-state index contributed by atoms with van der Waals surface area (Å²) in [5.41, 5.74) is 1.40. The summed E-state index contributed by atoms with van der Waals surface area (Å²) < 4.78 is 5.71. The van der Waals surface area contributed by atoms with Crippen LogP contribution in [0.5, 0.6) is 5.75 Å². The highest BCUT2D eigenvalue weighted by atomic mass is 35.5. The number of rotatable bonds is 7. The van der Waals surface area contributed by atoms with Gasteiger partial charge in [-0.1, -0.05) is 17.7 Å². The topological polar surface area (TPSA) is 74.7 Å². The van der Waals surface area contributed by atoms with Gasteiger partial charge in [0, 0.05) is 24.5 Å². The number of urea groups is 1. The van der Waals surface area contributed by atoms with Crippen molar-refractivity contribution in [3.05, 3.63) is 53.3 Å². The van der Waals surface area contributed by atoms with Crippen LogP contribution in [-0.4, -0.2) is 51.7 Å². The van der Waals surface area contributed by atoms with Crippen molar-refractivity contribution in [1.82, 2.24) is 9.88 Å². The number of benzene rings is 1. The molecule has 3 rings (SSSR count). The standard InChI is InChI=1S/C20H24ClN3O3S/c21-18-13-15(4-5-19(18)27-14-16-3-1-2-8-22-16)23-20(26)24(9-10-25)17-6-11-28-12-7-17/h1-5,8,13,17,25H,6-7,9-12,14H2,(H,23,26). The number of pyridine rings is 1. The molecule has 0 radical (unpaired) electrons. The number of nitrogens with zero attached hydrogens (tertiary/aromatic N) is 2. The molecule has 1 fully saturated rings. The normalized spacial score (nSPS) is 14.5. The first kappa shape index (κ1) is 20.8. The Morgan fingerprint density at radius 3 is 2.82 bits per heavy atom. The van der Waals surface area contributed by atoms with Crippen LogP contribution in [0.4, 0.5) is 10.5 Å². The molecule has 1 aromatic carbocycles. The number of hydrogen-bond donors (Lipinski definition) is 2. The minimum atomic E-state index is -0.218. The third-order valence-corrected chi connectivity index (χ3v) is 5.86. The highest BCUT2D eigenvalue weighted by Gasteiger charge is 2.25. The molecule has 2 N–H and O–H groups in total. The van der Waals surface area contributed by atoms with E-state index in [1.54, 1.807) is 29.3 Å². The van der Waals surface area contributed by atoms with Gasteiger partial charge >= 0.3 is 6.03 Å². The zero-order valence-electron chi connectivity index (χ0n) is 15.5. The fourth-order valence-corrected chi connectivity index (χ4v) is 4.40. The fraction of sp³-hybridized carbons (Fsp3) is 0.400. The Bertz CT molecular complexity index is 773. The van der Waals surface area contributed by atoms with Crippen molar-refractivity contribution in [2.75, 3.05) is 30.0 Å². The lowest BCUT2D eigenvalue weighted by Crippen LogP contribution is -2.46. The summed E-state index contributed by atoms with van der Waals surface area (Å²) in [6.45, 7) is 0.578. The number of ether oxygens (including phenoxy) is 1. The summed E-state index contributed by atoms with van der Waals surface area (Å²) in [6, 6.07) is 10.7. The van der Waals surface area contributed by atoms with Crippen molar-refractivity contribution in [1.29, 1.82) is 0 Å². The molecule has 2 amide bonds. The van der Waals surface area contributed by atoms with Gasteiger partial charge in [0.05, 0.1) is 17.3 Å². The van der Waals surface area contributed by atoms with Gasteiger partial charge in [0.2, 0.25) is 0 Å². The van der Waals surface area contributed by atoms with Crippen molar-refractivity contribution in [3.63, 3.8) is 0 Å². The quantitative estimate of drug-likeness (QED) is 0.705. The van der Waals surface area contributed by atoms with Gasteiger partial charge in [-0.25, -0.2) is 4.79 Å². The number of halogens is 1. The minimum Gasteiger partial charge on any atom is -0.486 e. The van der Waals surface area contributed by atoms with Crippen LogP contribution in [-0.2, 0) is 6.61 Å². The molecule has 0 saturated carbocycles. The molecule has 28 heavy (non-hydrogen) atoms. The number of carbonyl (C=O) groups excluding carboxylic acids is 1. The smallest absolute Gasteiger partial charge is 0.322 e. The van der Waals surface area contributed by atoms with E-state index in [1.807, 2.05) is 30.0 Å². The molecule has 2 heterocycles. The van der Waals surface area contributed by atoms with E-state index in [-0.39, 0.29) is 18.7 Å². The maximum absolute atomic E-state index is 12.7. The predicted molar refractivity (Wildman–Crippen MR) is 113 cm³/mol. The fourth-order valence-electron chi connectivity index (χ4n) is 3.08. The number of hydrogen-bond acceptors (Lipinski definition) is 5. The Morgan fingerprint density at radius 1 is 1.32 bits per heavy atom. The second kappa shape index (κ2) is 10.5. The number of aliphatic hydroxyl groups excluding tert-OH is 1. The van der Waals surface area contributed by atoms with Gasteiger partial charge in [-0.05, 0) is 54.7 Å². The lowest BCUT2D eigenvalue weighted by molar-refractivity contribution is 0.158.